The van der Waals surface area contributed by atoms with E-state index in [1.165, 1.54) is 6.20 Å². The average molecular weight is 744 g/mol. The molecule has 4 rings (SSSR count). The van der Waals surface area contributed by atoms with Crippen molar-refractivity contribution in [2.24, 2.45) is 0 Å². The van der Waals surface area contributed by atoms with Crippen LogP contribution in [0.15, 0.2) is 67.0 Å². The third kappa shape index (κ3) is 9.60. The first kappa shape index (κ1) is 36.5. The maximum atomic E-state index is 9.81. The third-order valence-corrected chi connectivity index (χ3v) is 9.01. The van der Waals surface area contributed by atoms with Crippen LogP contribution >= 0.6 is 39.1 Å². The number of hydrogen-bond acceptors (Lipinski definition) is 8. The standard InChI is InChI=1S/C36H38BrCl2N3O5/c1-3-42(29(20-43)21-44)19-28-14-32(38)35(15-34(28)46-22-26-13-25(16-40)17-41-18-26)47-23-27-7-4-8-30(24(27)2)31-9-5-10-33(36(31)39)45-12-6-11-37/h4-5,7-10,13-15,17-18,29,43-44H,3,6,11-12,19-23H2,1-2H3. The van der Waals surface area contributed by atoms with Gasteiger partial charge in [0, 0.05) is 47.0 Å². The molecular formula is C36H38BrCl2N3O5. The molecule has 1 aromatic heterocycles. The fourth-order valence-corrected chi connectivity index (χ4v) is 5.85. The van der Waals surface area contributed by atoms with Crippen molar-refractivity contribution in [1.29, 1.82) is 5.26 Å². The first-order valence-corrected chi connectivity index (χ1v) is 17.1. The van der Waals surface area contributed by atoms with Gasteiger partial charge in [0.1, 0.15) is 36.5 Å². The number of aliphatic hydroxyl groups is 2. The molecule has 0 aliphatic carbocycles. The second-order valence-corrected chi connectivity index (χ2v) is 12.4. The summed E-state index contributed by atoms with van der Waals surface area (Å²) in [5.74, 6) is 1.60. The number of aromatic nitrogens is 1. The molecule has 1 heterocycles. The summed E-state index contributed by atoms with van der Waals surface area (Å²) in [5, 5.41) is 30.7. The van der Waals surface area contributed by atoms with Crippen LogP contribution < -0.4 is 14.2 Å². The van der Waals surface area contributed by atoms with Gasteiger partial charge in [-0.3, -0.25) is 9.88 Å². The second kappa shape index (κ2) is 18.3. The molecule has 2 N–H and O–H groups in total. The van der Waals surface area contributed by atoms with E-state index in [-0.39, 0.29) is 26.4 Å². The molecule has 0 unspecified atom stereocenters. The maximum Gasteiger partial charge on any atom is 0.142 e. The van der Waals surface area contributed by atoms with Gasteiger partial charge in [-0.25, -0.2) is 0 Å². The molecule has 0 fully saturated rings. The molecule has 248 valence electrons. The Hall–Kier alpha value is -3.36. The number of nitriles is 1. The summed E-state index contributed by atoms with van der Waals surface area (Å²) in [6.07, 6.45) is 4.01. The quantitative estimate of drug-likeness (QED) is 0.0837. The molecule has 0 saturated heterocycles. The molecule has 0 spiro atoms. The predicted molar refractivity (Wildman–Crippen MR) is 189 cm³/mol. The van der Waals surface area contributed by atoms with Crippen LogP contribution in [0.4, 0.5) is 0 Å². The van der Waals surface area contributed by atoms with Crippen LogP contribution in [-0.2, 0) is 19.8 Å². The van der Waals surface area contributed by atoms with Crippen molar-refractivity contribution in [3.63, 3.8) is 0 Å². The number of alkyl halides is 1. The summed E-state index contributed by atoms with van der Waals surface area (Å²) in [6, 6.07) is 18.7. The van der Waals surface area contributed by atoms with Gasteiger partial charge in [-0.2, -0.15) is 5.26 Å². The monoisotopic (exact) mass is 741 g/mol. The summed E-state index contributed by atoms with van der Waals surface area (Å²) < 4.78 is 18.5. The van der Waals surface area contributed by atoms with Gasteiger partial charge in [-0.15, -0.1) is 0 Å². The zero-order valence-electron chi connectivity index (χ0n) is 26.4. The topological polar surface area (TPSA) is 108 Å². The van der Waals surface area contributed by atoms with Crippen LogP contribution in [0.2, 0.25) is 10.0 Å². The molecule has 0 atom stereocenters. The largest absolute Gasteiger partial charge is 0.492 e. The maximum absolute atomic E-state index is 9.81. The molecule has 0 aliphatic rings. The lowest BCUT2D eigenvalue weighted by atomic mass is 9.96. The van der Waals surface area contributed by atoms with E-state index in [0.29, 0.717) is 52.6 Å². The summed E-state index contributed by atoms with van der Waals surface area (Å²) in [5.41, 5.74) is 5.74. The van der Waals surface area contributed by atoms with Gasteiger partial charge in [0.15, 0.2) is 0 Å². The minimum atomic E-state index is -0.440. The van der Waals surface area contributed by atoms with Gasteiger partial charge in [0.2, 0.25) is 0 Å². The summed E-state index contributed by atoms with van der Waals surface area (Å²) in [7, 11) is 0. The van der Waals surface area contributed by atoms with Crippen molar-refractivity contribution >= 4 is 39.1 Å². The van der Waals surface area contributed by atoms with Gasteiger partial charge in [-0.1, -0.05) is 76.4 Å². The van der Waals surface area contributed by atoms with E-state index in [2.05, 4.69) is 27.0 Å². The number of aliphatic hydroxyl groups excluding tert-OH is 2. The molecular weight excluding hydrogens is 705 g/mol. The molecule has 11 heteroatoms. The highest BCUT2D eigenvalue weighted by atomic mass is 79.9. The number of rotatable bonds is 17. The Morgan fingerprint density at radius 3 is 2.38 bits per heavy atom. The van der Waals surface area contributed by atoms with Gasteiger partial charge >= 0.3 is 0 Å². The van der Waals surface area contributed by atoms with Crippen LogP contribution in [0.5, 0.6) is 17.2 Å². The van der Waals surface area contributed by atoms with Crippen LogP contribution in [0.1, 0.15) is 41.2 Å². The number of pyridine rings is 1. The van der Waals surface area contributed by atoms with Gasteiger partial charge < -0.3 is 24.4 Å². The SMILES string of the molecule is CCN(Cc1cc(Cl)c(OCc2cccc(-c3cccc(OCCCBr)c3Cl)c2C)cc1OCc1cncc(C#N)c1)C(CO)CO. The van der Waals surface area contributed by atoms with Gasteiger partial charge in [-0.05, 0) is 54.8 Å². The number of benzene rings is 3. The van der Waals surface area contributed by atoms with E-state index >= 15 is 0 Å². The fraction of sp³-hybridized carbons (Fsp3) is 0.333. The summed E-state index contributed by atoms with van der Waals surface area (Å²) >= 11 is 17.0. The van der Waals surface area contributed by atoms with Crippen molar-refractivity contribution in [3.8, 4) is 34.4 Å². The molecule has 3 aromatic carbocycles. The number of ether oxygens (including phenoxy) is 3. The average Bonchev–Trinajstić information content (AvgIpc) is 3.09. The summed E-state index contributed by atoms with van der Waals surface area (Å²) in [4.78, 5) is 6.07. The van der Waals surface area contributed by atoms with Crippen molar-refractivity contribution in [1.82, 2.24) is 9.88 Å². The van der Waals surface area contributed by atoms with E-state index in [4.69, 9.17) is 37.4 Å². The number of likely N-dealkylation sites (N-methyl/N-ethyl adjacent to an activating group) is 1. The predicted octanol–water partition coefficient (Wildman–Crippen LogP) is 7.73. The fourth-order valence-electron chi connectivity index (χ4n) is 5.09. The van der Waals surface area contributed by atoms with Crippen LogP contribution in [0.3, 0.4) is 0 Å². The smallest absolute Gasteiger partial charge is 0.142 e. The number of hydrogen-bond donors (Lipinski definition) is 2. The van der Waals surface area contributed by atoms with E-state index in [1.54, 1.807) is 24.4 Å². The van der Waals surface area contributed by atoms with Crippen molar-refractivity contribution in [2.45, 2.75) is 46.1 Å². The van der Waals surface area contributed by atoms with Crippen molar-refractivity contribution in [3.05, 3.63) is 105 Å². The second-order valence-electron chi connectivity index (χ2n) is 10.8. The first-order valence-electron chi connectivity index (χ1n) is 15.3. The van der Waals surface area contributed by atoms with Crippen molar-refractivity contribution in [2.75, 3.05) is 31.7 Å². The molecule has 0 amide bonds. The molecule has 0 aliphatic heterocycles. The minimum Gasteiger partial charge on any atom is -0.492 e. The Balaban J connectivity index is 1.61. The Labute approximate surface area is 294 Å². The third-order valence-electron chi connectivity index (χ3n) is 7.77. The van der Waals surface area contributed by atoms with Gasteiger partial charge in [0.25, 0.3) is 0 Å². The minimum absolute atomic E-state index is 0.160. The highest BCUT2D eigenvalue weighted by Crippen LogP contribution is 2.39. The van der Waals surface area contributed by atoms with Crippen molar-refractivity contribution < 1.29 is 24.4 Å². The zero-order chi connectivity index (χ0) is 33.8. The normalized spacial score (nSPS) is 11.1. The number of nitrogens with zero attached hydrogens (tertiary/aromatic N) is 3. The molecule has 0 bridgehead atoms. The van der Waals surface area contributed by atoms with Crippen LogP contribution in [-0.4, -0.2) is 57.8 Å². The first-order chi connectivity index (χ1) is 22.8. The molecule has 47 heavy (non-hydrogen) atoms. The molecule has 0 saturated carbocycles. The Morgan fingerprint density at radius 2 is 1.66 bits per heavy atom. The summed E-state index contributed by atoms with van der Waals surface area (Å²) in [6.45, 7) is 5.51. The molecule has 0 radical (unpaired) electrons. The van der Waals surface area contributed by atoms with Gasteiger partial charge in [0.05, 0.1) is 41.5 Å². The van der Waals surface area contributed by atoms with E-state index in [1.807, 2.05) is 55.1 Å². The Morgan fingerprint density at radius 1 is 0.915 bits per heavy atom. The van der Waals surface area contributed by atoms with E-state index in [0.717, 1.165) is 45.1 Å². The van der Waals surface area contributed by atoms with Crippen LogP contribution in [0.25, 0.3) is 11.1 Å². The lowest BCUT2D eigenvalue weighted by Gasteiger charge is -2.29. The highest BCUT2D eigenvalue weighted by Gasteiger charge is 2.20. The highest BCUT2D eigenvalue weighted by molar-refractivity contribution is 9.09. The Kier molecular flexibility index (Phi) is 14.2. The van der Waals surface area contributed by atoms with Crippen LogP contribution in [0, 0.1) is 18.3 Å². The lowest BCUT2D eigenvalue weighted by Crippen LogP contribution is -2.40. The lowest BCUT2D eigenvalue weighted by molar-refractivity contribution is 0.0717. The Bertz CT molecular complexity index is 1680. The van der Waals surface area contributed by atoms with E-state index < -0.39 is 6.04 Å². The molecule has 8 nitrogen and oxygen atoms in total. The van der Waals surface area contributed by atoms with E-state index in [9.17, 15) is 15.5 Å². The molecule has 4 aromatic rings. The number of halogens is 3. The zero-order valence-corrected chi connectivity index (χ0v) is 29.5.